The first-order valence-electron chi connectivity index (χ1n) is 5.95. The third kappa shape index (κ3) is 2.54. The molecular weight excluding hydrogens is 198 g/mol. The first-order chi connectivity index (χ1) is 7.66. The van der Waals surface area contributed by atoms with Crippen LogP contribution in [0.1, 0.15) is 16.7 Å². The average Bonchev–Trinajstić information content (AvgIpc) is 2.27. The van der Waals surface area contributed by atoms with Crippen molar-refractivity contribution in [2.24, 2.45) is 0 Å². The Kier molecular flexibility index (Phi) is 3.46. The van der Waals surface area contributed by atoms with Gasteiger partial charge in [-0.2, -0.15) is 0 Å². The summed E-state index contributed by atoms with van der Waals surface area (Å²) < 4.78 is 0. The molecule has 1 aromatic rings. The van der Waals surface area contributed by atoms with Gasteiger partial charge in [-0.15, -0.1) is 0 Å². The number of rotatable bonds is 2. The summed E-state index contributed by atoms with van der Waals surface area (Å²) in [5.41, 5.74) is 10.7. The molecule has 0 unspecified atom stereocenters. The number of nitrogens with zero attached hydrogens (tertiary/aromatic N) is 1. The molecule has 0 radical (unpaired) electrons. The molecule has 3 heteroatoms. The Morgan fingerprint density at radius 1 is 1.19 bits per heavy atom. The van der Waals surface area contributed by atoms with Crippen molar-refractivity contribution in [1.29, 1.82) is 0 Å². The zero-order chi connectivity index (χ0) is 11.5. The summed E-state index contributed by atoms with van der Waals surface area (Å²) in [6, 6.07) is 4.43. The second kappa shape index (κ2) is 4.85. The molecule has 88 valence electrons. The number of anilines is 1. The van der Waals surface area contributed by atoms with Gasteiger partial charge in [0.2, 0.25) is 0 Å². The van der Waals surface area contributed by atoms with E-state index in [1.54, 1.807) is 0 Å². The van der Waals surface area contributed by atoms with Crippen LogP contribution >= 0.6 is 0 Å². The molecule has 0 amide bonds. The highest BCUT2D eigenvalue weighted by atomic mass is 15.2. The first-order valence-corrected chi connectivity index (χ1v) is 5.95. The molecule has 2 rings (SSSR count). The highest BCUT2D eigenvalue weighted by molar-refractivity contribution is 5.54. The molecule has 1 heterocycles. The zero-order valence-electron chi connectivity index (χ0n) is 10.2. The van der Waals surface area contributed by atoms with Gasteiger partial charge in [0.25, 0.3) is 0 Å². The summed E-state index contributed by atoms with van der Waals surface area (Å²) in [5, 5.41) is 3.37. The molecule has 1 saturated heterocycles. The second-order valence-corrected chi connectivity index (χ2v) is 4.67. The van der Waals surface area contributed by atoms with Gasteiger partial charge in [0.1, 0.15) is 0 Å². The largest absolute Gasteiger partial charge is 0.398 e. The van der Waals surface area contributed by atoms with Crippen LogP contribution in [0.15, 0.2) is 12.1 Å². The SMILES string of the molecule is Cc1cc(CN2CCNCC2)cc(C)c1N. The fourth-order valence-corrected chi connectivity index (χ4v) is 2.28. The standard InChI is InChI=1S/C13H21N3/c1-10-7-12(8-11(2)13(10)14)9-16-5-3-15-4-6-16/h7-8,15H,3-6,9,14H2,1-2H3. The van der Waals surface area contributed by atoms with Crippen LogP contribution in [0.4, 0.5) is 5.69 Å². The lowest BCUT2D eigenvalue weighted by Gasteiger charge is -2.27. The van der Waals surface area contributed by atoms with Crippen molar-refractivity contribution in [3.63, 3.8) is 0 Å². The van der Waals surface area contributed by atoms with Gasteiger partial charge in [0.05, 0.1) is 0 Å². The van der Waals surface area contributed by atoms with E-state index >= 15 is 0 Å². The molecule has 1 fully saturated rings. The number of nitrogens with two attached hydrogens (primary N) is 1. The lowest BCUT2D eigenvalue weighted by Crippen LogP contribution is -2.42. The maximum absolute atomic E-state index is 5.96. The summed E-state index contributed by atoms with van der Waals surface area (Å²) in [4.78, 5) is 2.49. The lowest BCUT2D eigenvalue weighted by molar-refractivity contribution is 0.233. The van der Waals surface area contributed by atoms with Crippen LogP contribution in [0.5, 0.6) is 0 Å². The van der Waals surface area contributed by atoms with E-state index in [1.807, 2.05) is 0 Å². The van der Waals surface area contributed by atoms with E-state index in [9.17, 15) is 0 Å². The summed E-state index contributed by atoms with van der Waals surface area (Å²) in [5.74, 6) is 0. The number of nitrogens with one attached hydrogen (secondary N) is 1. The molecule has 1 aliphatic heterocycles. The number of nitrogen functional groups attached to an aromatic ring is 1. The predicted octanol–water partition coefficient (Wildman–Crippen LogP) is 1.29. The van der Waals surface area contributed by atoms with E-state index in [1.165, 1.54) is 16.7 Å². The molecule has 0 atom stereocenters. The highest BCUT2D eigenvalue weighted by Crippen LogP contribution is 2.19. The van der Waals surface area contributed by atoms with E-state index in [4.69, 9.17) is 5.73 Å². The van der Waals surface area contributed by atoms with Crippen LogP contribution in [-0.4, -0.2) is 31.1 Å². The van der Waals surface area contributed by atoms with E-state index in [2.05, 4.69) is 36.2 Å². The molecule has 0 aliphatic carbocycles. The second-order valence-electron chi connectivity index (χ2n) is 4.67. The Hall–Kier alpha value is -1.06. The molecule has 0 spiro atoms. The van der Waals surface area contributed by atoms with Crippen LogP contribution in [0.25, 0.3) is 0 Å². The number of hydrogen-bond donors (Lipinski definition) is 2. The van der Waals surface area contributed by atoms with Crippen molar-refractivity contribution in [2.45, 2.75) is 20.4 Å². The fourth-order valence-electron chi connectivity index (χ4n) is 2.28. The van der Waals surface area contributed by atoms with Crippen molar-refractivity contribution < 1.29 is 0 Å². The minimum absolute atomic E-state index is 0.934. The van der Waals surface area contributed by atoms with Gasteiger partial charge in [-0.05, 0) is 30.5 Å². The summed E-state index contributed by atoms with van der Waals surface area (Å²) in [6.07, 6.45) is 0. The number of hydrogen-bond acceptors (Lipinski definition) is 3. The Balaban J connectivity index is 2.09. The van der Waals surface area contributed by atoms with Gasteiger partial charge in [-0.1, -0.05) is 12.1 Å². The van der Waals surface area contributed by atoms with Crippen LogP contribution in [-0.2, 0) is 6.54 Å². The summed E-state index contributed by atoms with van der Waals surface area (Å²) >= 11 is 0. The Bertz CT molecular complexity index is 344. The fraction of sp³-hybridized carbons (Fsp3) is 0.538. The van der Waals surface area contributed by atoms with Gasteiger partial charge < -0.3 is 11.1 Å². The Morgan fingerprint density at radius 3 is 2.31 bits per heavy atom. The topological polar surface area (TPSA) is 41.3 Å². The Labute approximate surface area is 97.6 Å². The summed E-state index contributed by atoms with van der Waals surface area (Å²) in [7, 11) is 0. The zero-order valence-corrected chi connectivity index (χ0v) is 10.2. The van der Waals surface area contributed by atoms with Gasteiger partial charge in [-0.25, -0.2) is 0 Å². The van der Waals surface area contributed by atoms with Crippen LogP contribution in [0, 0.1) is 13.8 Å². The normalized spacial score (nSPS) is 17.6. The van der Waals surface area contributed by atoms with Crippen LogP contribution in [0.2, 0.25) is 0 Å². The maximum Gasteiger partial charge on any atom is 0.0373 e. The molecular formula is C13H21N3. The van der Waals surface area contributed by atoms with Gasteiger partial charge in [-0.3, -0.25) is 4.90 Å². The van der Waals surface area contributed by atoms with E-state index in [-0.39, 0.29) is 0 Å². The Morgan fingerprint density at radius 2 is 1.75 bits per heavy atom. The van der Waals surface area contributed by atoms with Gasteiger partial charge in [0, 0.05) is 38.4 Å². The molecule has 1 aliphatic rings. The van der Waals surface area contributed by atoms with Gasteiger partial charge >= 0.3 is 0 Å². The average molecular weight is 219 g/mol. The van der Waals surface area contributed by atoms with E-state index in [0.29, 0.717) is 0 Å². The first kappa shape index (κ1) is 11.4. The molecule has 3 nitrogen and oxygen atoms in total. The monoisotopic (exact) mass is 219 g/mol. The van der Waals surface area contributed by atoms with Crippen molar-refractivity contribution in [3.8, 4) is 0 Å². The number of piperazine rings is 1. The van der Waals surface area contributed by atoms with E-state index in [0.717, 1.165) is 38.4 Å². The van der Waals surface area contributed by atoms with Crippen molar-refractivity contribution in [2.75, 3.05) is 31.9 Å². The molecule has 0 aromatic heterocycles. The van der Waals surface area contributed by atoms with E-state index < -0.39 is 0 Å². The molecule has 0 saturated carbocycles. The third-order valence-electron chi connectivity index (χ3n) is 3.27. The number of aryl methyl sites for hydroxylation is 2. The quantitative estimate of drug-likeness (QED) is 0.737. The molecule has 16 heavy (non-hydrogen) atoms. The van der Waals surface area contributed by atoms with Gasteiger partial charge in [0.15, 0.2) is 0 Å². The van der Waals surface area contributed by atoms with Crippen molar-refractivity contribution in [1.82, 2.24) is 10.2 Å². The minimum atomic E-state index is 0.934. The molecule has 3 N–H and O–H groups in total. The molecule has 1 aromatic carbocycles. The smallest absolute Gasteiger partial charge is 0.0373 e. The highest BCUT2D eigenvalue weighted by Gasteiger charge is 2.10. The van der Waals surface area contributed by atoms with Crippen molar-refractivity contribution in [3.05, 3.63) is 28.8 Å². The number of benzene rings is 1. The minimum Gasteiger partial charge on any atom is -0.398 e. The lowest BCUT2D eigenvalue weighted by atomic mass is 10.0. The van der Waals surface area contributed by atoms with Crippen LogP contribution < -0.4 is 11.1 Å². The third-order valence-corrected chi connectivity index (χ3v) is 3.27. The predicted molar refractivity (Wildman–Crippen MR) is 68.5 cm³/mol. The molecule has 0 bridgehead atoms. The van der Waals surface area contributed by atoms with Crippen LogP contribution in [0.3, 0.4) is 0 Å². The summed E-state index contributed by atoms with van der Waals surface area (Å²) in [6.45, 7) is 9.71. The maximum atomic E-state index is 5.96. The van der Waals surface area contributed by atoms with Crippen molar-refractivity contribution >= 4 is 5.69 Å².